The van der Waals surface area contributed by atoms with Crippen molar-refractivity contribution in [1.29, 1.82) is 0 Å². The number of rotatable bonds is 9. The molecule has 3 aromatic rings. The molecule has 0 aliphatic heterocycles. The molecule has 3 atom stereocenters. The van der Waals surface area contributed by atoms with E-state index in [2.05, 4.69) is 39.7 Å². The van der Waals surface area contributed by atoms with Crippen LogP contribution in [-0.4, -0.2) is 25.9 Å². The maximum absolute atomic E-state index is 12.9. The van der Waals surface area contributed by atoms with Gasteiger partial charge in [-0.15, -0.1) is 28.1 Å². The molecule has 0 fully saturated rings. The summed E-state index contributed by atoms with van der Waals surface area (Å²) in [6.07, 6.45) is 6.70. The van der Waals surface area contributed by atoms with Gasteiger partial charge >= 0.3 is 0 Å². The number of thioether (sulfide) groups is 1. The molecule has 0 spiro atoms. The summed E-state index contributed by atoms with van der Waals surface area (Å²) in [5, 5.41) is 12.6. The predicted molar refractivity (Wildman–Crippen MR) is 138 cm³/mol. The molecule has 1 aromatic carbocycles. The number of nitrogens with zero attached hydrogens (tertiary/aromatic N) is 3. The molecule has 1 aliphatic rings. The maximum atomic E-state index is 12.9. The summed E-state index contributed by atoms with van der Waals surface area (Å²) in [4.78, 5) is 15.5. The predicted octanol–water partition coefficient (Wildman–Crippen LogP) is 6.07. The zero-order valence-electron chi connectivity index (χ0n) is 19.6. The lowest BCUT2D eigenvalue weighted by Crippen LogP contribution is -2.33. The van der Waals surface area contributed by atoms with E-state index >= 15 is 0 Å². The quantitative estimate of drug-likeness (QED) is 0.298. The van der Waals surface area contributed by atoms with Gasteiger partial charge in [-0.25, -0.2) is 0 Å². The number of thiophene rings is 1. The molecular weight excluding hydrogens is 448 g/mol. The molecule has 4 rings (SSSR count). The van der Waals surface area contributed by atoms with E-state index in [-0.39, 0.29) is 17.2 Å². The topological polar surface area (TPSA) is 59.8 Å². The van der Waals surface area contributed by atoms with Gasteiger partial charge in [0, 0.05) is 11.4 Å². The number of carbonyl (C=O) groups is 1. The van der Waals surface area contributed by atoms with Crippen molar-refractivity contribution in [2.45, 2.75) is 69.4 Å². The van der Waals surface area contributed by atoms with Crippen LogP contribution in [-0.2, 0) is 24.2 Å². The minimum Gasteiger partial charge on any atom is -0.349 e. The summed E-state index contributed by atoms with van der Waals surface area (Å²) in [5.74, 6) is 1.65. The van der Waals surface area contributed by atoms with Crippen molar-refractivity contribution >= 4 is 29.0 Å². The lowest BCUT2D eigenvalue weighted by atomic mass is 9.87. The number of allylic oxidation sites excluding steroid dienone is 1. The molecule has 0 unspecified atom stereocenters. The second-order valence-corrected chi connectivity index (χ2v) is 11.1. The molecule has 5 nitrogen and oxygen atoms in total. The first-order valence-corrected chi connectivity index (χ1v) is 13.4. The van der Waals surface area contributed by atoms with E-state index < -0.39 is 0 Å². The van der Waals surface area contributed by atoms with Crippen LogP contribution in [0.3, 0.4) is 0 Å². The summed E-state index contributed by atoms with van der Waals surface area (Å²) in [5.41, 5.74) is 2.56. The van der Waals surface area contributed by atoms with Gasteiger partial charge in [-0.2, -0.15) is 0 Å². The van der Waals surface area contributed by atoms with Crippen molar-refractivity contribution in [1.82, 2.24) is 20.1 Å². The molecule has 0 bridgehead atoms. The van der Waals surface area contributed by atoms with Crippen molar-refractivity contribution < 1.29 is 4.79 Å². The number of fused-ring (bicyclic) bond motifs is 1. The average molecular weight is 481 g/mol. The maximum Gasteiger partial charge on any atom is 0.233 e. The fraction of sp³-hybridized carbons (Fsp3) is 0.423. The summed E-state index contributed by atoms with van der Waals surface area (Å²) in [6, 6.07) is 12.3. The van der Waals surface area contributed by atoms with Crippen molar-refractivity contribution in [2.24, 2.45) is 5.92 Å². The number of hydrogen-bond acceptors (Lipinski definition) is 5. The van der Waals surface area contributed by atoms with E-state index in [0.29, 0.717) is 6.54 Å². The Labute approximate surface area is 204 Å². The largest absolute Gasteiger partial charge is 0.349 e. The van der Waals surface area contributed by atoms with Crippen molar-refractivity contribution in [3.8, 4) is 10.7 Å². The molecule has 1 amide bonds. The fourth-order valence-electron chi connectivity index (χ4n) is 4.28. The number of benzene rings is 1. The Balaban J connectivity index is 1.49. The first-order valence-electron chi connectivity index (χ1n) is 11.7. The van der Waals surface area contributed by atoms with Gasteiger partial charge in [0.2, 0.25) is 5.91 Å². The Kier molecular flexibility index (Phi) is 7.71. The molecule has 0 saturated heterocycles. The van der Waals surface area contributed by atoms with Gasteiger partial charge < -0.3 is 5.32 Å². The second-order valence-electron chi connectivity index (χ2n) is 8.68. The molecule has 2 aromatic heterocycles. The van der Waals surface area contributed by atoms with Crippen molar-refractivity contribution in [3.63, 3.8) is 0 Å². The molecule has 2 heterocycles. The lowest BCUT2D eigenvalue weighted by molar-refractivity contribution is -0.120. The van der Waals surface area contributed by atoms with Crippen molar-refractivity contribution in [2.75, 3.05) is 0 Å². The summed E-state index contributed by atoms with van der Waals surface area (Å²) in [6.45, 7) is 10.7. The van der Waals surface area contributed by atoms with Gasteiger partial charge in [0.1, 0.15) is 0 Å². The number of aryl methyl sites for hydroxylation is 1. The summed E-state index contributed by atoms with van der Waals surface area (Å²) >= 11 is 3.28. The van der Waals surface area contributed by atoms with E-state index in [1.54, 1.807) is 0 Å². The minimum atomic E-state index is -0.293. The lowest BCUT2D eigenvalue weighted by Gasteiger charge is -2.19. The Morgan fingerprint density at radius 1 is 1.33 bits per heavy atom. The molecule has 33 heavy (non-hydrogen) atoms. The SMILES string of the molecule is C=CCn1c(S[C@@H](C)C(=O)N[C@@H](C)c2ccccc2)nnc1-c1cc2c(s1)CC[C@H](CC)C2. The van der Waals surface area contributed by atoms with Gasteiger partial charge in [0.05, 0.1) is 16.2 Å². The third-order valence-corrected chi connectivity index (χ3v) is 8.63. The Bertz CT molecular complexity index is 1100. The molecule has 1 N–H and O–H groups in total. The highest BCUT2D eigenvalue weighted by molar-refractivity contribution is 8.00. The Hall–Kier alpha value is -2.38. The fourth-order valence-corrected chi connectivity index (χ4v) is 6.35. The van der Waals surface area contributed by atoms with Crippen LogP contribution in [0.4, 0.5) is 0 Å². The summed E-state index contributed by atoms with van der Waals surface area (Å²) in [7, 11) is 0. The van der Waals surface area contributed by atoms with Gasteiger partial charge in [-0.05, 0) is 56.2 Å². The second kappa shape index (κ2) is 10.7. The highest BCUT2D eigenvalue weighted by Gasteiger charge is 2.25. The standard InChI is InChI=1S/C26H32N4OS2/c1-5-14-30-24(23-16-21-15-19(6-2)12-13-22(21)33-23)28-29-26(30)32-18(4)25(31)27-17(3)20-10-8-7-9-11-20/h5,7-11,16-19H,1,6,12-15H2,2-4H3,(H,27,31)/t17-,18-,19-/m0/s1. The third-order valence-electron chi connectivity index (χ3n) is 6.32. The van der Waals surface area contributed by atoms with Crippen LogP contribution in [0.1, 0.15) is 55.7 Å². The Morgan fingerprint density at radius 2 is 2.12 bits per heavy atom. The van der Waals surface area contributed by atoms with Crippen LogP contribution in [0, 0.1) is 5.92 Å². The third kappa shape index (κ3) is 5.41. The van der Waals surface area contributed by atoms with Crippen LogP contribution in [0.15, 0.2) is 54.2 Å². The molecule has 0 saturated carbocycles. The number of hydrogen-bond donors (Lipinski definition) is 1. The Morgan fingerprint density at radius 3 is 2.85 bits per heavy atom. The summed E-state index contributed by atoms with van der Waals surface area (Å²) < 4.78 is 2.08. The van der Waals surface area contributed by atoms with Gasteiger partial charge in [-0.3, -0.25) is 9.36 Å². The highest BCUT2D eigenvalue weighted by atomic mass is 32.2. The number of aromatic nitrogens is 3. The number of amides is 1. The van der Waals surface area contributed by atoms with Gasteiger partial charge in [0.25, 0.3) is 0 Å². The molecule has 7 heteroatoms. The molecule has 1 aliphatic carbocycles. The van der Waals surface area contributed by atoms with Gasteiger partial charge in [-0.1, -0.05) is 61.5 Å². The average Bonchev–Trinajstić information content (AvgIpc) is 3.43. The van der Waals surface area contributed by atoms with Crippen LogP contribution in [0.25, 0.3) is 10.7 Å². The minimum absolute atomic E-state index is 0.0109. The van der Waals surface area contributed by atoms with E-state index in [9.17, 15) is 4.79 Å². The van der Waals surface area contributed by atoms with Crippen LogP contribution in [0.2, 0.25) is 0 Å². The first kappa shape index (κ1) is 23.8. The van der Waals surface area contributed by atoms with E-state index in [1.165, 1.54) is 35.0 Å². The van der Waals surface area contributed by atoms with E-state index in [4.69, 9.17) is 0 Å². The number of nitrogens with one attached hydrogen (secondary N) is 1. The zero-order valence-corrected chi connectivity index (χ0v) is 21.2. The monoisotopic (exact) mass is 480 g/mol. The molecule has 0 radical (unpaired) electrons. The first-order chi connectivity index (χ1) is 16.0. The molecular formula is C26H32N4OS2. The highest BCUT2D eigenvalue weighted by Crippen LogP contribution is 2.38. The van der Waals surface area contributed by atoms with Crippen LogP contribution < -0.4 is 5.32 Å². The van der Waals surface area contributed by atoms with Gasteiger partial charge in [0.15, 0.2) is 11.0 Å². The van der Waals surface area contributed by atoms with Crippen molar-refractivity contribution in [3.05, 3.63) is 65.1 Å². The normalized spacial score (nSPS) is 17.2. The number of carbonyl (C=O) groups excluding carboxylic acids is 1. The smallest absolute Gasteiger partial charge is 0.233 e. The zero-order chi connectivity index (χ0) is 23.4. The molecule has 174 valence electrons. The van der Waals surface area contributed by atoms with E-state index in [0.717, 1.165) is 40.2 Å². The van der Waals surface area contributed by atoms with E-state index in [1.807, 2.05) is 61.6 Å². The van der Waals surface area contributed by atoms with Crippen LogP contribution >= 0.6 is 23.1 Å². The van der Waals surface area contributed by atoms with Crippen LogP contribution in [0.5, 0.6) is 0 Å².